The second kappa shape index (κ2) is 7.12. The molecule has 2 aromatic carbocycles. The van der Waals surface area contributed by atoms with Gasteiger partial charge in [-0.05, 0) is 63.1 Å². The van der Waals surface area contributed by atoms with Crippen molar-refractivity contribution in [3.63, 3.8) is 0 Å². The lowest BCUT2D eigenvalue weighted by atomic mass is 10.0. The van der Waals surface area contributed by atoms with E-state index in [9.17, 15) is 4.79 Å². The Balaban J connectivity index is 1.82. The van der Waals surface area contributed by atoms with Crippen LogP contribution in [-0.2, 0) is 4.74 Å². The van der Waals surface area contributed by atoms with E-state index in [1.165, 1.54) is 5.56 Å². The first kappa shape index (κ1) is 18.2. The highest BCUT2D eigenvalue weighted by Crippen LogP contribution is 2.28. The minimum Gasteiger partial charge on any atom is -0.491 e. The van der Waals surface area contributed by atoms with E-state index < -0.39 is 0 Å². The van der Waals surface area contributed by atoms with Gasteiger partial charge in [0.15, 0.2) is 0 Å². The summed E-state index contributed by atoms with van der Waals surface area (Å²) in [5.41, 5.74) is 7.37. The normalized spacial score (nSPS) is 13.4. The van der Waals surface area contributed by atoms with Gasteiger partial charge in [-0.15, -0.1) is 0 Å². The van der Waals surface area contributed by atoms with Crippen molar-refractivity contribution >= 4 is 28.3 Å². The number of fused-ring (bicyclic) bond motifs is 1. The number of ether oxygens (including phenoxy) is 1. The fraction of sp³-hybridized carbons (Fsp3) is 0.250. The van der Waals surface area contributed by atoms with Crippen LogP contribution < -0.4 is 5.32 Å². The molecule has 1 aromatic heterocycles. The van der Waals surface area contributed by atoms with Crippen LogP contribution in [0, 0.1) is 27.7 Å². The summed E-state index contributed by atoms with van der Waals surface area (Å²) in [7, 11) is 0. The number of amides is 1. The summed E-state index contributed by atoms with van der Waals surface area (Å²) in [5, 5.41) is 3.97. The maximum atomic E-state index is 13.3. The molecule has 0 fully saturated rings. The molecule has 1 aliphatic heterocycles. The van der Waals surface area contributed by atoms with Crippen molar-refractivity contribution in [2.24, 2.45) is 0 Å². The summed E-state index contributed by atoms with van der Waals surface area (Å²) in [6, 6.07) is 12.0. The highest BCUT2D eigenvalue weighted by Gasteiger charge is 2.18. The van der Waals surface area contributed by atoms with E-state index in [1.54, 1.807) is 0 Å². The van der Waals surface area contributed by atoms with Crippen LogP contribution in [-0.4, -0.2) is 17.5 Å². The van der Waals surface area contributed by atoms with Crippen molar-refractivity contribution in [2.75, 3.05) is 11.9 Å². The topological polar surface area (TPSA) is 51.2 Å². The monoisotopic (exact) mass is 372 g/mol. The number of hydrogen-bond acceptors (Lipinski definition) is 3. The number of carbonyl (C=O) groups excluding carboxylic acids is 1. The molecule has 0 saturated heterocycles. The van der Waals surface area contributed by atoms with Crippen molar-refractivity contribution in [2.45, 2.75) is 34.1 Å². The molecule has 2 heterocycles. The zero-order chi connectivity index (χ0) is 19.8. The Morgan fingerprint density at radius 1 is 1.00 bits per heavy atom. The van der Waals surface area contributed by atoms with E-state index in [0.29, 0.717) is 17.9 Å². The SMILES string of the molecule is Cc1cc(C)c(NC(=O)c2cc(C3=CCCO3)nc3ccc(C)cc23)c(C)c1. The first-order chi connectivity index (χ1) is 13.4. The number of pyridine rings is 1. The van der Waals surface area contributed by atoms with Crippen molar-refractivity contribution < 1.29 is 9.53 Å². The van der Waals surface area contributed by atoms with Gasteiger partial charge in [0, 0.05) is 17.5 Å². The smallest absolute Gasteiger partial charge is 0.256 e. The van der Waals surface area contributed by atoms with E-state index in [4.69, 9.17) is 9.72 Å². The Morgan fingerprint density at radius 2 is 1.75 bits per heavy atom. The van der Waals surface area contributed by atoms with Crippen LogP contribution >= 0.6 is 0 Å². The third-order valence-corrected chi connectivity index (χ3v) is 5.08. The predicted molar refractivity (Wildman–Crippen MR) is 114 cm³/mol. The largest absolute Gasteiger partial charge is 0.491 e. The molecule has 0 radical (unpaired) electrons. The quantitative estimate of drug-likeness (QED) is 0.662. The first-order valence-corrected chi connectivity index (χ1v) is 9.56. The molecular weight excluding hydrogens is 348 g/mol. The van der Waals surface area contributed by atoms with Crippen LogP contribution in [0.1, 0.15) is 44.7 Å². The lowest BCUT2D eigenvalue weighted by Gasteiger charge is -2.15. The van der Waals surface area contributed by atoms with E-state index in [1.807, 2.05) is 51.1 Å². The standard InChI is InChI=1S/C24H24N2O2/c1-14-7-8-20-18(12-14)19(13-21(25-20)22-6-5-9-28-22)24(27)26-23-16(3)10-15(2)11-17(23)4/h6-8,10-13H,5,9H2,1-4H3,(H,26,27). The molecule has 1 amide bonds. The van der Waals surface area contributed by atoms with Crippen molar-refractivity contribution in [1.82, 2.24) is 4.98 Å². The van der Waals surface area contributed by atoms with Gasteiger partial charge in [-0.1, -0.05) is 29.3 Å². The second-order valence-corrected chi connectivity index (χ2v) is 7.51. The van der Waals surface area contributed by atoms with Crippen molar-refractivity contribution in [3.8, 4) is 0 Å². The molecule has 0 spiro atoms. The number of nitrogens with one attached hydrogen (secondary N) is 1. The van der Waals surface area contributed by atoms with Gasteiger partial charge in [0.05, 0.1) is 17.7 Å². The summed E-state index contributed by atoms with van der Waals surface area (Å²) in [6.45, 7) is 8.78. The van der Waals surface area contributed by atoms with Crippen LogP contribution in [0.4, 0.5) is 5.69 Å². The van der Waals surface area contributed by atoms with Crippen molar-refractivity contribution in [3.05, 3.63) is 76.0 Å². The van der Waals surface area contributed by atoms with Gasteiger partial charge in [-0.25, -0.2) is 4.98 Å². The molecule has 4 rings (SSSR count). The maximum absolute atomic E-state index is 13.3. The zero-order valence-corrected chi connectivity index (χ0v) is 16.7. The van der Waals surface area contributed by atoms with Crippen LogP contribution in [0.5, 0.6) is 0 Å². The lowest BCUT2D eigenvalue weighted by Crippen LogP contribution is -2.15. The molecular formula is C24H24N2O2. The predicted octanol–water partition coefficient (Wildman–Crippen LogP) is 5.48. The molecule has 0 unspecified atom stereocenters. The van der Waals surface area contributed by atoms with Crippen LogP contribution in [0.15, 0.2) is 42.5 Å². The Bertz CT molecular complexity index is 1110. The molecule has 3 aromatic rings. The third-order valence-electron chi connectivity index (χ3n) is 5.08. The number of nitrogens with zero attached hydrogens (tertiary/aromatic N) is 1. The van der Waals surface area contributed by atoms with Gasteiger partial charge >= 0.3 is 0 Å². The molecule has 28 heavy (non-hydrogen) atoms. The second-order valence-electron chi connectivity index (χ2n) is 7.51. The highest BCUT2D eigenvalue weighted by atomic mass is 16.5. The Morgan fingerprint density at radius 3 is 2.43 bits per heavy atom. The molecule has 0 saturated carbocycles. The average Bonchev–Trinajstić information content (AvgIpc) is 3.18. The van der Waals surface area contributed by atoms with Gasteiger partial charge < -0.3 is 10.1 Å². The molecule has 4 heteroatoms. The van der Waals surface area contributed by atoms with E-state index in [-0.39, 0.29) is 5.91 Å². The lowest BCUT2D eigenvalue weighted by molar-refractivity contribution is 0.102. The number of aryl methyl sites for hydroxylation is 4. The summed E-state index contributed by atoms with van der Waals surface area (Å²) >= 11 is 0. The molecule has 1 aliphatic rings. The molecule has 142 valence electrons. The van der Waals surface area contributed by atoms with Gasteiger partial charge in [0.1, 0.15) is 11.5 Å². The third kappa shape index (κ3) is 3.38. The maximum Gasteiger partial charge on any atom is 0.256 e. The Kier molecular flexibility index (Phi) is 4.63. The van der Waals surface area contributed by atoms with Crippen LogP contribution in [0.2, 0.25) is 0 Å². The molecule has 1 N–H and O–H groups in total. The van der Waals surface area contributed by atoms with Crippen LogP contribution in [0.25, 0.3) is 16.7 Å². The molecule has 0 bridgehead atoms. The summed E-state index contributed by atoms with van der Waals surface area (Å²) in [6.07, 6.45) is 2.89. The summed E-state index contributed by atoms with van der Waals surface area (Å²) < 4.78 is 5.68. The van der Waals surface area contributed by atoms with Gasteiger partial charge in [0.25, 0.3) is 5.91 Å². The molecule has 0 atom stereocenters. The number of hydrogen-bond donors (Lipinski definition) is 1. The highest BCUT2D eigenvalue weighted by molar-refractivity contribution is 6.13. The summed E-state index contributed by atoms with van der Waals surface area (Å²) in [4.78, 5) is 18.0. The van der Waals surface area contributed by atoms with E-state index in [2.05, 4.69) is 24.4 Å². The van der Waals surface area contributed by atoms with Gasteiger partial charge in [0.2, 0.25) is 0 Å². The van der Waals surface area contributed by atoms with Gasteiger partial charge in [-0.3, -0.25) is 4.79 Å². The zero-order valence-electron chi connectivity index (χ0n) is 16.7. The molecule has 0 aliphatic carbocycles. The minimum absolute atomic E-state index is 0.132. The van der Waals surface area contributed by atoms with Crippen LogP contribution in [0.3, 0.4) is 0 Å². The molecule has 4 nitrogen and oxygen atoms in total. The van der Waals surface area contributed by atoms with Gasteiger partial charge in [-0.2, -0.15) is 0 Å². The Labute approximate surface area is 165 Å². The number of rotatable bonds is 3. The Hall–Kier alpha value is -3.14. The average molecular weight is 372 g/mol. The minimum atomic E-state index is -0.132. The van der Waals surface area contributed by atoms with E-state index >= 15 is 0 Å². The number of carbonyl (C=O) groups is 1. The fourth-order valence-electron chi connectivity index (χ4n) is 3.81. The number of aromatic nitrogens is 1. The summed E-state index contributed by atoms with van der Waals surface area (Å²) in [5.74, 6) is 0.618. The first-order valence-electron chi connectivity index (χ1n) is 9.56. The van der Waals surface area contributed by atoms with Crippen molar-refractivity contribution in [1.29, 1.82) is 0 Å². The number of benzene rings is 2. The number of anilines is 1. The fourth-order valence-corrected chi connectivity index (χ4v) is 3.81. The van der Waals surface area contributed by atoms with E-state index in [0.717, 1.165) is 45.5 Å².